The summed E-state index contributed by atoms with van der Waals surface area (Å²) in [6.45, 7) is 8.59. The van der Waals surface area contributed by atoms with Crippen molar-refractivity contribution in [1.29, 1.82) is 0 Å². The van der Waals surface area contributed by atoms with Crippen molar-refractivity contribution in [1.82, 2.24) is 5.32 Å². The zero-order valence-electron chi connectivity index (χ0n) is 8.61. The number of nitrogens with one attached hydrogen (secondary N) is 1. The van der Waals surface area contributed by atoms with Crippen LogP contribution in [0.3, 0.4) is 0 Å². The van der Waals surface area contributed by atoms with Crippen LogP contribution in [0.4, 0.5) is 0 Å². The van der Waals surface area contributed by atoms with Crippen LogP contribution in [-0.4, -0.2) is 13.1 Å². The van der Waals surface area contributed by atoms with Crippen molar-refractivity contribution < 1.29 is 0 Å². The molecule has 70 valence electrons. The molecule has 0 fully saturated rings. The topological polar surface area (TPSA) is 12.0 Å². The standard InChI is InChI=1S/C11H21N/c1-4-6-7-9-12-10-11(3)8-5-2/h11-12H,5,7-10H2,1-3H3. The molecule has 0 radical (unpaired) electrons. The van der Waals surface area contributed by atoms with Crippen LogP contribution in [-0.2, 0) is 0 Å². The Morgan fingerprint density at radius 2 is 2.17 bits per heavy atom. The van der Waals surface area contributed by atoms with E-state index in [1.807, 2.05) is 6.92 Å². The van der Waals surface area contributed by atoms with Crippen molar-refractivity contribution in [3.05, 3.63) is 0 Å². The fraction of sp³-hybridized carbons (Fsp3) is 0.818. The second-order valence-electron chi connectivity index (χ2n) is 3.27. The summed E-state index contributed by atoms with van der Waals surface area (Å²) in [4.78, 5) is 0. The second kappa shape index (κ2) is 8.62. The van der Waals surface area contributed by atoms with E-state index in [0.717, 1.165) is 25.4 Å². The minimum atomic E-state index is 0.810. The number of rotatable bonds is 6. The van der Waals surface area contributed by atoms with E-state index < -0.39 is 0 Å². The Bertz CT molecular complexity index is 141. The predicted octanol–water partition coefficient (Wildman–Crippen LogP) is 2.43. The second-order valence-corrected chi connectivity index (χ2v) is 3.27. The molecule has 1 atom stereocenters. The van der Waals surface area contributed by atoms with Crippen LogP contribution in [0.1, 0.15) is 40.0 Å². The van der Waals surface area contributed by atoms with Gasteiger partial charge >= 0.3 is 0 Å². The zero-order valence-corrected chi connectivity index (χ0v) is 8.61. The van der Waals surface area contributed by atoms with Gasteiger partial charge in [-0.1, -0.05) is 20.3 Å². The molecular formula is C11H21N. The van der Waals surface area contributed by atoms with Gasteiger partial charge in [0.2, 0.25) is 0 Å². The van der Waals surface area contributed by atoms with Crippen LogP contribution >= 0.6 is 0 Å². The summed E-state index contributed by atoms with van der Waals surface area (Å²) < 4.78 is 0. The molecule has 1 N–H and O–H groups in total. The average molecular weight is 167 g/mol. The highest BCUT2D eigenvalue weighted by atomic mass is 14.8. The maximum atomic E-state index is 3.40. The molecule has 12 heavy (non-hydrogen) atoms. The van der Waals surface area contributed by atoms with Gasteiger partial charge in [0.05, 0.1) is 0 Å². The molecule has 1 unspecified atom stereocenters. The molecule has 0 aliphatic rings. The van der Waals surface area contributed by atoms with Gasteiger partial charge in [-0.2, -0.15) is 0 Å². The summed E-state index contributed by atoms with van der Waals surface area (Å²) in [6.07, 6.45) is 3.60. The van der Waals surface area contributed by atoms with Gasteiger partial charge in [-0.05, 0) is 25.8 Å². The Kier molecular flexibility index (Phi) is 8.27. The molecule has 0 heterocycles. The first-order chi connectivity index (χ1) is 5.81. The molecule has 1 nitrogen and oxygen atoms in total. The van der Waals surface area contributed by atoms with E-state index >= 15 is 0 Å². The molecule has 0 spiro atoms. The van der Waals surface area contributed by atoms with Crippen molar-refractivity contribution in [2.75, 3.05) is 13.1 Å². The molecule has 0 bridgehead atoms. The lowest BCUT2D eigenvalue weighted by Crippen LogP contribution is -2.21. The zero-order chi connectivity index (χ0) is 9.23. The van der Waals surface area contributed by atoms with Crippen molar-refractivity contribution in [2.24, 2.45) is 5.92 Å². The molecule has 0 aliphatic carbocycles. The van der Waals surface area contributed by atoms with E-state index in [1.165, 1.54) is 12.8 Å². The summed E-state index contributed by atoms with van der Waals surface area (Å²) in [5.74, 6) is 6.74. The van der Waals surface area contributed by atoms with Crippen molar-refractivity contribution in [3.63, 3.8) is 0 Å². The van der Waals surface area contributed by atoms with E-state index in [2.05, 4.69) is 31.0 Å². The van der Waals surface area contributed by atoms with E-state index in [0.29, 0.717) is 0 Å². The third-order valence-corrected chi connectivity index (χ3v) is 1.88. The monoisotopic (exact) mass is 167 g/mol. The van der Waals surface area contributed by atoms with Gasteiger partial charge in [-0.3, -0.25) is 0 Å². The first kappa shape index (κ1) is 11.5. The van der Waals surface area contributed by atoms with Crippen LogP contribution in [0, 0.1) is 17.8 Å². The van der Waals surface area contributed by atoms with E-state index in [-0.39, 0.29) is 0 Å². The first-order valence-corrected chi connectivity index (χ1v) is 4.91. The van der Waals surface area contributed by atoms with E-state index in [4.69, 9.17) is 0 Å². The summed E-state index contributed by atoms with van der Waals surface area (Å²) in [6, 6.07) is 0. The third-order valence-electron chi connectivity index (χ3n) is 1.88. The van der Waals surface area contributed by atoms with E-state index in [9.17, 15) is 0 Å². The molecule has 0 aromatic heterocycles. The first-order valence-electron chi connectivity index (χ1n) is 4.91. The Morgan fingerprint density at radius 1 is 1.42 bits per heavy atom. The van der Waals surface area contributed by atoms with Crippen molar-refractivity contribution >= 4 is 0 Å². The minimum Gasteiger partial charge on any atom is -0.316 e. The Labute approximate surface area is 76.9 Å². The molecular weight excluding hydrogens is 146 g/mol. The Morgan fingerprint density at radius 3 is 2.75 bits per heavy atom. The van der Waals surface area contributed by atoms with Gasteiger partial charge in [0.15, 0.2) is 0 Å². The van der Waals surface area contributed by atoms with Crippen molar-refractivity contribution in [3.8, 4) is 11.8 Å². The van der Waals surface area contributed by atoms with Gasteiger partial charge in [-0.15, -0.1) is 11.8 Å². The lowest BCUT2D eigenvalue weighted by atomic mass is 10.1. The average Bonchev–Trinajstić information content (AvgIpc) is 2.05. The van der Waals surface area contributed by atoms with Crippen LogP contribution in [0.5, 0.6) is 0 Å². The normalized spacial score (nSPS) is 11.9. The highest BCUT2D eigenvalue weighted by molar-refractivity contribution is 4.95. The predicted molar refractivity (Wildman–Crippen MR) is 55.0 cm³/mol. The fourth-order valence-corrected chi connectivity index (χ4v) is 1.22. The Balaban J connectivity index is 3.11. The van der Waals surface area contributed by atoms with Crippen LogP contribution in [0.2, 0.25) is 0 Å². The molecule has 0 aromatic carbocycles. The Hall–Kier alpha value is -0.480. The third kappa shape index (κ3) is 7.63. The largest absolute Gasteiger partial charge is 0.316 e. The minimum absolute atomic E-state index is 0.810. The van der Waals surface area contributed by atoms with E-state index in [1.54, 1.807) is 0 Å². The molecule has 0 aliphatic heterocycles. The summed E-state index contributed by atoms with van der Waals surface area (Å²) >= 11 is 0. The highest BCUT2D eigenvalue weighted by Crippen LogP contribution is 2.02. The molecule has 1 heteroatoms. The fourth-order valence-electron chi connectivity index (χ4n) is 1.22. The van der Waals surface area contributed by atoms with Gasteiger partial charge in [0.1, 0.15) is 0 Å². The number of hydrogen-bond acceptors (Lipinski definition) is 1. The molecule has 0 saturated carbocycles. The summed E-state index contributed by atoms with van der Waals surface area (Å²) in [5, 5.41) is 3.40. The van der Waals surface area contributed by atoms with Gasteiger partial charge in [-0.25, -0.2) is 0 Å². The lowest BCUT2D eigenvalue weighted by molar-refractivity contribution is 0.480. The smallest absolute Gasteiger partial charge is 0.0214 e. The van der Waals surface area contributed by atoms with Gasteiger partial charge < -0.3 is 5.32 Å². The number of hydrogen-bond donors (Lipinski definition) is 1. The molecule has 0 amide bonds. The maximum Gasteiger partial charge on any atom is 0.0214 e. The molecule has 0 rings (SSSR count). The van der Waals surface area contributed by atoms with Gasteiger partial charge in [0.25, 0.3) is 0 Å². The van der Waals surface area contributed by atoms with Gasteiger partial charge in [0, 0.05) is 13.0 Å². The molecule has 0 aromatic rings. The summed E-state index contributed by atoms with van der Waals surface area (Å²) in [5.41, 5.74) is 0. The summed E-state index contributed by atoms with van der Waals surface area (Å²) in [7, 11) is 0. The SMILES string of the molecule is CC#CCCNCC(C)CCC. The molecule has 0 saturated heterocycles. The highest BCUT2D eigenvalue weighted by Gasteiger charge is 1.97. The van der Waals surface area contributed by atoms with Crippen molar-refractivity contribution in [2.45, 2.75) is 40.0 Å². The van der Waals surface area contributed by atoms with Crippen LogP contribution < -0.4 is 5.32 Å². The maximum absolute atomic E-state index is 3.40. The lowest BCUT2D eigenvalue weighted by Gasteiger charge is -2.09. The quantitative estimate of drug-likeness (QED) is 0.473. The van der Waals surface area contributed by atoms with Crippen LogP contribution in [0.25, 0.3) is 0 Å². The van der Waals surface area contributed by atoms with Crippen LogP contribution in [0.15, 0.2) is 0 Å².